The summed E-state index contributed by atoms with van der Waals surface area (Å²) in [5.74, 6) is 0.758. The number of hydrogen-bond acceptors (Lipinski definition) is 3. The Labute approximate surface area is 111 Å². The molecule has 3 nitrogen and oxygen atoms in total. The summed E-state index contributed by atoms with van der Waals surface area (Å²) in [5, 5.41) is 0. The van der Waals surface area contributed by atoms with E-state index in [1.54, 1.807) is 7.11 Å². The molecule has 0 fully saturated rings. The van der Waals surface area contributed by atoms with Crippen LogP contribution in [0.5, 0.6) is 5.75 Å². The van der Waals surface area contributed by atoms with Gasteiger partial charge in [0.25, 0.3) is 0 Å². The van der Waals surface area contributed by atoms with Crippen molar-refractivity contribution in [1.29, 1.82) is 0 Å². The zero-order valence-electron chi connectivity index (χ0n) is 12.1. The first-order valence-electron chi connectivity index (χ1n) is 6.80. The van der Waals surface area contributed by atoms with Gasteiger partial charge in [-0.25, -0.2) is 0 Å². The highest BCUT2D eigenvalue weighted by Gasteiger charge is 2.15. The fourth-order valence-corrected chi connectivity index (χ4v) is 2.15. The van der Waals surface area contributed by atoms with E-state index in [4.69, 9.17) is 10.5 Å². The maximum Gasteiger partial charge on any atom is 0.143 e. The summed E-state index contributed by atoms with van der Waals surface area (Å²) in [6.07, 6.45) is 3.69. The van der Waals surface area contributed by atoms with Gasteiger partial charge < -0.3 is 15.4 Å². The molecule has 0 unspecified atom stereocenters. The number of nitrogen functional groups attached to an aromatic ring is 1. The molecule has 3 heteroatoms. The molecule has 1 aromatic rings. The molecule has 0 heterocycles. The number of methoxy groups -OCH3 is 1. The van der Waals surface area contributed by atoms with Crippen molar-refractivity contribution in [3.63, 3.8) is 0 Å². The number of anilines is 2. The van der Waals surface area contributed by atoms with Gasteiger partial charge in [0.2, 0.25) is 0 Å². The minimum atomic E-state index is 0.441. The number of benzene rings is 1. The highest BCUT2D eigenvalue weighted by molar-refractivity contribution is 5.74. The Balaban J connectivity index is 2.91. The zero-order valence-corrected chi connectivity index (χ0v) is 12.1. The van der Waals surface area contributed by atoms with Crippen LogP contribution >= 0.6 is 0 Å². The molecule has 102 valence electrons. The summed E-state index contributed by atoms with van der Waals surface area (Å²) in [7, 11) is 1.66. The van der Waals surface area contributed by atoms with E-state index in [0.717, 1.165) is 23.7 Å². The average molecular weight is 250 g/mol. The van der Waals surface area contributed by atoms with Gasteiger partial charge in [0.05, 0.1) is 18.5 Å². The molecule has 0 radical (unpaired) electrons. The number of hydrogen-bond donors (Lipinski definition) is 1. The van der Waals surface area contributed by atoms with E-state index in [9.17, 15) is 0 Å². The zero-order chi connectivity index (χ0) is 13.5. The van der Waals surface area contributed by atoms with E-state index in [0.29, 0.717) is 6.04 Å². The highest BCUT2D eigenvalue weighted by atomic mass is 16.5. The number of para-hydroxylation sites is 1. The molecule has 0 aromatic heterocycles. The van der Waals surface area contributed by atoms with Crippen LogP contribution in [0.4, 0.5) is 11.4 Å². The minimum Gasteiger partial charge on any atom is -0.495 e. The molecular formula is C15H26N2O. The molecule has 18 heavy (non-hydrogen) atoms. The topological polar surface area (TPSA) is 38.5 Å². The van der Waals surface area contributed by atoms with Crippen LogP contribution in [-0.4, -0.2) is 19.7 Å². The Morgan fingerprint density at radius 1 is 1.28 bits per heavy atom. The lowest BCUT2D eigenvalue weighted by Gasteiger charge is -2.30. The van der Waals surface area contributed by atoms with Gasteiger partial charge in [-0.05, 0) is 32.4 Å². The summed E-state index contributed by atoms with van der Waals surface area (Å²) in [4.78, 5) is 2.35. The molecule has 0 saturated carbocycles. The van der Waals surface area contributed by atoms with Crippen LogP contribution in [0.1, 0.15) is 40.0 Å². The first-order valence-corrected chi connectivity index (χ1v) is 6.80. The predicted molar refractivity (Wildman–Crippen MR) is 79.4 cm³/mol. The standard InChI is InChI=1S/C15H26N2O/c1-5-6-7-11-17(12(2)3)13-9-8-10-14(18-4)15(13)16/h8-10,12H,5-7,11,16H2,1-4H3. The fraction of sp³-hybridized carbons (Fsp3) is 0.600. The first-order chi connectivity index (χ1) is 8.61. The van der Waals surface area contributed by atoms with Crippen molar-refractivity contribution >= 4 is 11.4 Å². The van der Waals surface area contributed by atoms with E-state index in [2.05, 4.69) is 31.7 Å². The van der Waals surface area contributed by atoms with Crippen LogP contribution in [0.3, 0.4) is 0 Å². The normalized spacial score (nSPS) is 10.7. The van der Waals surface area contributed by atoms with Gasteiger partial charge in [-0.2, -0.15) is 0 Å². The van der Waals surface area contributed by atoms with Gasteiger partial charge >= 0.3 is 0 Å². The van der Waals surface area contributed by atoms with Crippen molar-refractivity contribution in [1.82, 2.24) is 0 Å². The Kier molecular flexibility index (Phi) is 5.83. The quantitative estimate of drug-likeness (QED) is 0.592. The third-order valence-electron chi connectivity index (χ3n) is 3.20. The van der Waals surface area contributed by atoms with Crippen molar-refractivity contribution in [2.45, 2.75) is 46.1 Å². The number of unbranched alkanes of at least 4 members (excludes halogenated alkanes) is 2. The largest absolute Gasteiger partial charge is 0.495 e. The SMILES string of the molecule is CCCCCN(c1cccc(OC)c1N)C(C)C. The number of ether oxygens (including phenoxy) is 1. The lowest BCUT2D eigenvalue weighted by molar-refractivity contribution is 0.417. The van der Waals surface area contributed by atoms with Gasteiger partial charge in [0.1, 0.15) is 5.75 Å². The summed E-state index contributed by atoms with van der Waals surface area (Å²) in [5.41, 5.74) is 7.99. The lowest BCUT2D eigenvalue weighted by Crippen LogP contribution is -2.32. The molecule has 0 saturated heterocycles. The molecule has 0 spiro atoms. The summed E-state index contributed by atoms with van der Waals surface area (Å²) in [6.45, 7) is 7.66. The molecule has 0 amide bonds. The van der Waals surface area contributed by atoms with Gasteiger partial charge in [-0.1, -0.05) is 25.8 Å². The second kappa shape index (κ2) is 7.14. The van der Waals surface area contributed by atoms with Gasteiger partial charge in [-0.3, -0.25) is 0 Å². The summed E-state index contributed by atoms with van der Waals surface area (Å²) in [6, 6.07) is 6.42. The van der Waals surface area contributed by atoms with Crippen molar-refractivity contribution in [3.8, 4) is 5.75 Å². The maximum atomic E-state index is 6.17. The molecule has 0 aliphatic carbocycles. The number of nitrogens with zero attached hydrogens (tertiary/aromatic N) is 1. The van der Waals surface area contributed by atoms with Crippen molar-refractivity contribution in [2.24, 2.45) is 0 Å². The molecule has 0 bridgehead atoms. The Bertz CT molecular complexity index is 364. The maximum absolute atomic E-state index is 6.17. The third-order valence-corrected chi connectivity index (χ3v) is 3.20. The fourth-order valence-electron chi connectivity index (χ4n) is 2.15. The van der Waals surface area contributed by atoms with Gasteiger partial charge in [0, 0.05) is 12.6 Å². The summed E-state index contributed by atoms with van der Waals surface area (Å²) < 4.78 is 5.29. The van der Waals surface area contributed by atoms with Gasteiger partial charge in [-0.15, -0.1) is 0 Å². The van der Waals surface area contributed by atoms with Crippen molar-refractivity contribution in [2.75, 3.05) is 24.3 Å². The Morgan fingerprint density at radius 2 is 2.00 bits per heavy atom. The number of rotatable bonds is 7. The highest BCUT2D eigenvalue weighted by Crippen LogP contribution is 2.33. The van der Waals surface area contributed by atoms with Crippen molar-refractivity contribution in [3.05, 3.63) is 18.2 Å². The van der Waals surface area contributed by atoms with E-state index in [1.807, 2.05) is 12.1 Å². The first kappa shape index (κ1) is 14.7. The number of nitrogens with two attached hydrogens (primary N) is 1. The summed E-state index contributed by atoms with van der Waals surface area (Å²) >= 11 is 0. The van der Waals surface area contributed by atoms with E-state index < -0.39 is 0 Å². The van der Waals surface area contributed by atoms with Gasteiger partial charge in [0.15, 0.2) is 0 Å². The Hall–Kier alpha value is -1.38. The molecule has 0 aliphatic rings. The smallest absolute Gasteiger partial charge is 0.143 e. The van der Waals surface area contributed by atoms with E-state index in [-0.39, 0.29) is 0 Å². The third kappa shape index (κ3) is 3.56. The van der Waals surface area contributed by atoms with E-state index >= 15 is 0 Å². The molecule has 0 atom stereocenters. The monoisotopic (exact) mass is 250 g/mol. The average Bonchev–Trinajstić information content (AvgIpc) is 2.35. The van der Waals surface area contributed by atoms with E-state index in [1.165, 1.54) is 19.3 Å². The second-order valence-electron chi connectivity index (χ2n) is 4.89. The van der Waals surface area contributed by atoms with Crippen molar-refractivity contribution < 1.29 is 4.74 Å². The predicted octanol–water partition coefficient (Wildman–Crippen LogP) is 3.68. The molecule has 0 aliphatic heterocycles. The minimum absolute atomic E-state index is 0.441. The molecular weight excluding hydrogens is 224 g/mol. The van der Waals surface area contributed by atoms with Crippen LogP contribution in [0.25, 0.3) is 0 Å². The van der Waals surface area contributed by atoms with Crippen LogP contribution in [0, 0.1) is 0 Å². The molecule has 1 aromatic carbocycles. The van der Waals surface area contributed by atoms with Crippen LogP contribution < -0.4 is 15.4 Å². The van der Waals surface area contributed by atoms with Crippen LogP contribution in [-0.2, 0) is 0 Å². The van der Waals surface area contributed by atoms with Crippen LogP contribution in [0.2, 0.25) is 0 Å². The Morgan fingerprint density at radius 3 is 2.56 bits per heavy atom. The molecule has 2 N–H and O–H groups in total. The second-order valence-corrected chi connectivity index (χ2v) is 4.89. The lowest BCUT2D eigenvalue weighted by atomic mass is 10.1. The van der Waals surface area contributed by atoms with Crippen LogP contribution in [0.15, 0.2) is 18.2 Å². The molecule has 1 rings (SSSR count).